The molecule has 4 N–H and O–H groups in total. The summed E-state index contributed by atoms with van der Waals surface area (Å²) in [5.74, 6) is -0.475. The summed E-state index contributed by atoms with van der Waals surface area (Å²) in [5.41, 5.74) is 6.31. The summed E-state index contributed by atoms with van der Waals surface area (Å²) < 4.78 is 0.766. The van der Waals surface area contributed by atoms with Gasteiger partial charge in [-0.2, -0.15) is 5.10 Å². The van der Waals surface area contributed by atoms with Crippen molar-refractivity contribution in [2.24, 2.45) is 5.73 Å². The molecule has 0 spiro atoms. The number of nitrogens with zero attached hydrogens (tertiary/aromatic N) is 1. The van der Waals surface area contributed by atoms with Crippen molar-refractivity contribution in [2.45, 2.75) is 0 Å². The number of halogens is 1. The highest BCUT2D eigenvalue weighted by molar-refractivity contribution is 9.10. The maximum absolute atomic E-state index is 12.0. The molecule has 2 aromatic rings. The average Bonchev–Trinajstić information content (AvgIpc) is 2.39. The molecular weight excluding hydrogens is 344 g/mol. The van der Waals surface area contributed by atoms with Gasteiger partial charge in [-0.3, -0.25) is 9.59 Å². The van der Waals surface area contributed by atoms with Crippen LogP contribution in [-0.2, 0) is 0 Å². The van der Waals surface area contributed by atoms with E-state index in [0.717, 1.165) is 4.47 Å². The van der Waals surface area contributed by atoms with Crippen LogP contribution in [-0.4, -0.2) is 21.1 Å². The van der Waals surface area contributed by atoms with Crippen LogP contribution in [0, 0.1) is 0 Å². The molecule has 1 amide bonds. The van der Waals surface area contributed by atoms with Gasteiger partial charge in [0.1, 0.15) is 10.7 Å². The van der Waals surface area contributed by atoms with E-state index in [1.54, 1.807) is 18.2 Å². The Bertz CT molecular complexity index is 724. The van der Waals surface area contributed by atoms with Crippen LogP contribution in [0.5, 0.6) is 0 Å². The molecule has 0 aliphatic carbocycles. The van der Waals surface area contributed by atoms with Crippen molar-refractivity contribution in [3.8, 4) is 0 Å². The van der Waals surface area contributed by atoms with Crippen molar-refractivity contribution in [3.63, 3.8) is 0 Å². The number of aromatic nitrogens is 2. The van der Waals surface area contributed by atoms with Crippen LogP contribution >= 0.6 is 28.1 Å². The molecule has 1 aromatic heterocycles. The predicted octanol–water partition coefficient (Wildman–Crippen LogP) is 1.42. The van der Waals surface area contributed by atoms with Gasteiger partial charge in [0.2, 0.25) is 0 Å². The first-order chi connectivity index (χ1) is 9.47. The van der Waals surface area contributed by atoms with Crippen LogP contribution in [0.25, 0.3) is 0 Å². The number of carbonyl (C=O) groups excluding carboxylic acids is 1. The fraction of sp³-hybridized carbons (Fsp3) is 0. The molecule has 1 aromatic carbocycles. The van der Waals surface area contributed by atoms with E-state index in [1.165, 1.54) is 12.1 Å². The second-order valence-electron chi connectivity index (χ2n) is 3.81. The average molecular weight is 353 g/mol. The van der Waals surface area contributed by atoms with Crippen LogP contribution in [0.1, 0.15) is 16.1 Å². The maximum Gasteiger partial charge on any atom is 0.276 e. The number of anilines is 1. The van der Waals surface area contributed by atoms with E-state index in [2.05, 4.69) is 31.4 Å². The predicted molar refractivity (Wildman–Crippen MR) is 82.8 cm³/mol. The first-order valence-electron chi connectivity index (χ1n) is 5.44. The molecule has 6 nitrogen and oxygen atoms in total. The summed E-state index contributed by atoms with van der Waals surface area (Å²) in [7, 11) is 0. The van der Waals surface area contributed by atoms with Crippen LogP contribution in [0.2, 0.25) is 0 Å². The first kappa shape index (κ1) is 14.4. The molecule has 0 saturated heterocycles. The zero-order valence-electron chi connectivity index (χ0n) is 10.0. The van der Waals surface area contributed by atoms with Gasteiger partial charge in [0.25, 0.3) is 11.5 Å². The first-order valence-corrected chi connectivity index (χ1v) is 6.64. The topological polar surface area (TPSA) is 101 Å². The van der Waals surface area contributed by atoms with Gasteiger partial charge in [-0.25, -0.2) is 5.10 Å². The van der Waals surface area contributed by atoms with Crippen molar-refractivity contribution in [3.05, 3.63) is 56.4 Å². The second-order valence-corrected chi connectivity index (χ2v) is 5.17. The number of hydrogen-bond acceptors (Lipinski definition) is 4. The molecule has 0 unspecified atom stereocenters. The molecule has 20 heavy (non-hydrogen) atoms. The van der Waals surface area contributed by atoms with E-state index in [9.17, 15) is 9.59 Å². The summed E-state index contributed by atoms with van der Waals surface area (Å²) in [6, 6.07) is 7.69. The Morgan fingerprint density at radius 2 is 2.10 bits per heavy atom. The number of nitrogens with two attached hydrogens (primary N) is 1. The third kappa shape index (κ3) is 3.28. The summed E-state index contributed by atoms with van der Waals surface area (Å²) in [4.78, 5) is 23.1. The number of H-pyrrole nitrogens is 1. The Hall–Kier alpha value is -2.06. The lowest BCUT2D eigenvalue weighted by atomic mass is 10.1. The highest BCUT2D eigenvalue weighted by Crippen LogP contribution is 2.22. The minimum atomic E-state index is -0.475. The number of amides is 1. The normalized spacial score (nSPS) is 10.1. The molecule has 0 saturated carbocycles. The number of thiocarbonyl (C=S) groups is 1. The van der Waals surface area contributed by atoms with Crippen molar-refractivity contribution in [2.75, 3.05) is 5.32 Å². The van der Waals surface area contributed by atoms with Crippen LogP contribution < -0.4 is 16.6 Å². The van der Waals surface area contributed by atoms with Gasteiger partial charge >= 0.3 is 0 Å². The smallest absolute Gasteiger partial charge is 0.276 e. The van der Waals surface area contributed by atoms with Gasteiger partial charge in [-0.05, 0) is 24.3 Å². The highest BCUT2D eigenvalue weighted by atomic mass is 79.9. The van der Waals surface area contributed by atoms with Gasteiger partial charge in [-0.1, -0.05) is 28.1 Å². The molecule has 0 aliphatic heterocycles. The van der Waals surface area contributed by atoms with Crippen molar-refractivity contribution in [1.29, 1.82) is 0 Å². The third-order valence-electron chi connectivity index (χ3n) is 2.41. The summed E-state index contributed by atoms with van der Waals surface area (Å²) in [6.45, 7) is 0. The highest BCUT2D eigenvalue weighted by Gasteiger charge is 2.12. The third-order valence-corrected chi connectivity index (χ3v) is 3.12. The van der Waals surface area contributed by atoms with E-state index in [-0.39, 0.29) is 16.2 Å². The Labute approximate surface area is 127 Å². The SMILES string of the molecule is NC(=S)c1ccc(Br)cc1NC(=O)c1ccc(=O)[nH]n1. The van der Waals surface area contributed by atoms with E-state index < -0.39 is 5.91 Å². The quantitative estimate of drug-likeness (QED) is 0.725. The van der Waals surface area contributed by atoms with Crippen LogP contribution in [0.4, 0.5) is 5.69 Å². The molecule has 2 rings (SSSR count). The van der Waals surface area contributed by atoms with Crippen molar-refractivity contribution >= 4 is 44.7 Å². The van der Waals surface area contributed by atoms with Gasteiger partial charge < -0.3 is 11.1 Å². The number of nitrogens with one attached hydrogen (secondary N) is 2. The Kier molecular flexibility index (Phi) is 4.26. The van der Waals surface area contributed by atoms with Crippen molar-refractivity contribution < 1.29 is 4.79 Å². The van der Waals surface area contributed by atoms with Crippen LogP contribution in [0.3, 0.4) is 0 Å². The van der Waals surface area contributed by atoms with E-state index in [4.69, 9.17) is 18.0 Å². The Morgan fingerprint density at radius 3 is 2.70 bits per heavy atom. The minimum absolute atomic E-state index is 0.0819. The van der Waals surface area contributed by atoms with Crippen molar-refractivity contribution in [1.82, 2.24) is 10.2 Å². The fourth-order valence-electron chi connectivity index (χ4n) is 1.49. The van der Waals surface area contributed by atoms with Gasteiger partial charge in [0.15, 0.2) is 0 Å². The number of hydrogen-bond donors (Lipinski definition) is 3. The molecule has 0 aliphatic rings. The Morgan fingerprint density at radius 1 is 1.35 bits per heavy atom. The molecule has 0 fully saturated rings. The monoisotopic (exact) mass is 352 g/mol. The molecule has 1 heterocycles. The van der Waals surface area contributed by atoms with Crippen LogP contribution in [0.15, 0.2) is 39.6 Å². The number of rotatable bonds is 3. The molecule has 0 atom stereocenters. The standard InChI is InChI=1S/C12H9BrN4O2S/c13-6-1-2-7(11(14)20)9(5-6)15-12(19)8-3-4-10(18)17-16-8/h1-5H,(H2,14,20)(H,15,19)(H,17,18). The molecule has 0 radical (unpaired) electrons. The zero-order valence-corrected chi connectivity index (χ0v) is 12.4. The number of carbonyl (C=O) groups is 1. The molecule has 8 heteroatoms. The summed E-state index contributed by atoms with van der Waals surface area (Å²) >= 11 is 8.23. The second kappa shape index (κ2) is 5.93. The van der Waals surface area contributed by atoms with E-state index in [0.29, 0.717) is 11.3 Å². The van der Waals surface area contributed by atoms with Gasteiger partial charge in [-0.15, -0.1) is 0 Å². The summed E-state index contributed by atoms with van der Waals surface area (Å²) in [5, 5.41) is 8.48. The van der Waals surface area contributed by atoms with E-state index in [1.807, 2.05) is 0 Å². The summed E-state index contributed by atoms with van der Waals surface area (Å²) in [6.07, 6.45) is 0. The number of aromatic amines is 1. The fourth-order valence-corrected chi connectivity index (χ4v) is 2.03. The van der Waals surface area contributed by atoms with Gasteiger partial charge in [0.05, 0.1) is 5.69 Å². The zero-order chi connectivity index (χ0) is 14.7. The minimum Gasteiger partial charge on any atom is -0.389 e. The maximum atomic E-state index is 12.0. The number of benzene rings is 1. The lowest BCUT2D eigenvalue weighted by molar-refractivity contribution is 0.102. The van der Waals surface area contributed by atoms with Gasteiger partial charge in [0, 0.05) is 16.1 Å². The molecule has 102 valence electrons. The Balaban J connectivity index is 2.32. The largest absolute Gasteiger partial charge is 0.389 e. The lowest BCUT2D eigenvalue weighted by Crippen LogP contribution is -2.20. The van der Waals surface area contributed by atoms with E-state index >= 15 is 0 Å². The molecule has 0 bridgehead atoms. The molecular formula is C12H9BrN4O2S. The lowest BCUT2D eigenvalue weighted by Gasteiger charge is -2.10.